The number of aromatic nitrogens is 1. The first-order valence-electron chi connectivity index (χ1n) is 6.05. The highest BCUT2D eigenvalue weighted by molar-refractivity contribution is 9.10. The molecule has 20 heavy (non-hydrogen) atoms. The first-order valence-corrected chi connectivity index (χ1v) is 7.72. The highest BCUT2D eigenvalue weighted by atomic mass is 79.9. The molecule has 1 amide bonds. The van der Waals surface area contributed by atoms with Gasteiger partial charge in [-0.1, -0.05) is 12.1 Å². The van der Waals surface area contributed by atoms with E-state index >= 15 is 0 Å². The molecule has 1 N–H and O–H groups in total. The van der Waals surface area contributed by atoms with E-state index in [0.717, 1.165) is 25.9 Å². The maximum absolute atomic E-state index is 12.3. The zero-order chi connectivity index (χ0) is 14.1. The molecule has 0 atom stereocenters. The smallest absolute Gasteiger partial charge is 0.256 e. The summed E-state index contributed by atoms with van der Waals surface area (Å²) in [5, 5.41) is 2.92. The molecule has 0 radical (unpaired) electrons. The zero-order valence-corrected chi connectivity index (χ0v) is 13.1. The third-order valence-corrected chi connectivity index (χ3v) is 4.87. The average molecular weight is 347 g/mol. The molecule has 0 saturated heterocycles. The van der Waals surface area contributed by atoms with Gasteiger partial charge in [0.25, 0.3) is 5.91 Å². The van der Waals surface area contributed by atoms with E-state index in [9.17, 15) is 4.79 Å². The lowest BCUT2D eigenvalue weighted by atomic mass is 10.1. The fourth-order valence-electron chi connectivity index (χ4n) is 1.95. The molecule has 0 bridgehead atoms. The van der Waals surface area contributed by atoms with E-state index < -0.39 is 0 Å². The van der Waals surface area contributed by atoms with Crippen molar-refractivity contribution in [3.63, 3.8) is 0 Å². The van der Waals surface area contributed by atoms with E-state index in [1.54, 1.807) is 22.9 Å². The van der Waals surface area contributed by atoms with Gasteiger partial charge in [0.05, 0.1) is 21.3 Å². The van der Waals surface area contributed by atoms with Gasteiger partial charge < -0.3 is 5.32 Å². The van der Waals surface area contributed by atoms with Crippen LogP contribution in [0.5, 0.6) is 0 Å². The molecule has 3 nitrogen and oxygen atoms in total. The van der Waals surface area contributed by atoms with Crippen molar-refractivity contribution in [1.82, 2.24) is 4.98 Å². The molecule has 100 valence electrons. The Hall–Kier alpha value is -1.72. The Labute approximate surface area is 128 Å². The van der Waals surface area contributed by atoms with Crippen LogP contribution in [0.3, 0.4) is 0 Å². The van der Waals surface area contributed by atoms with Crippen molar-refractivity contribution < 1.29 is 4.79 Å². The Morgan fingerprint density at radius 2 is 2.15 bits per heavy atom. The monoisotopic (exact) mass is 346 g/mol. The van der Waals surface area contributed by atoms with Crippen molar-refractivity contribution >= 4 is 49.1 Å². The largest absolute Gasteiger partial charge is 0.322 e. The van der Waals surface area contributed by atoms with Gasteiger partial charge in [0.1, 0.15) is 0 Å². The molecule has 1 aromatic heterocycles. The molecular weight excluding hydrogens is 336 g/mol. The number of carbonyl (C=O) groups excluding carboxylic acids is 1. The van der Waals surface area contributed by atoms with Gasteiger partial charge in [0, 0.05) is 10.2 Å². The fourth-order valence-corrected chi connectivity index (χ4v) is 3.11. The van der Waals surface area contributed by atoms with Gasteiger partial charge in [-0.2, -0.15) is 0 Å². The van der Waals surface area contributed by atoms with Crippen LogP contribution in [-0.4, -0.2) is 10.9 Å². The van der Waals surface area contributed by atoms with E-state index in [0.29, 0.717) is 5.56 Å². The van der Waals surface area contributed by atoms with Crippen LogP contribution in [0.15, 0.2) is 46.4 Å². The maximum atomic E-state index is 12.3. The first kappa shape index (κ1) is 13.3. The van der Waals surface area contributed by atoms with Crippen molar-refractivity contribution in [2.24, 2.45) is 0 Å². The minimum atomic E-state index is -0.121. The second-order valence-corrected chi connectivity index (χ2v) is 6.10. The molecule has 5 heteroatoms. The molecule has 1 heterocycles. The van der Waals surface area contributed by atoms with Crippen LogP contribution < -0.4 is 5.32 Å². The number of aryl methyl sites for hydroxylation is 1. The van der Waals surface area contributed by atoms with Gasteiger partial charge in [0.2, 0.25) is 0 Å². The molecule has 0 aliphatic rings. The number of rotatable bonds is 2. The number of carbonyl (C=O) groups is 1. The number of amides is 1. The van der Waals surface area contributed by atoms with Crippen LogP contribution in [0.4, 0.5) is 5.69 Å². The van der Waals surface area contributed by atoms with Gasteiger partial charge in [-0.25, -0.2) is 4.98 Å². The molecule has 3 aromatic rings. The van der Waals surface area contributed by atoms with E-state index in [2.05, 4.69) is 26.2 Å². The number of anilines is 1. The van der Waals surface area contributed by atoms with E-state index in [1.165, 1.54) is 0 Å². The standard InChI is InChI=1S/C15H11BrN2OS/c1-9-3-2-4-11(14(9)16)15(19)18-10-5-6-12-13(7-10)20-8-17-12/h2-8H,1H3,(H,18,19). The molecule has 0 unspecified atom stereocenters. The molecule has 0 spiro atoms. The predicted octanol–water partition coefficient (Wildman–Crippen LogP) is 4.62. The summed E-state index contributed by atoms with van der Waals surface area (Å²) >= 11 is 5.02. The van der Waals surface area contributed by atoms with Crippen molar-refractivity contribution in [1.29, 1.82) is 0 Å². The summed E-state index contributed by atoms with van der Waals surface area (Å²) in [5.74, 6) is -0.121. The number of nitrogens with zero attached hydrogens (tertiary/aromatic N) is 1. The summed E-state index contributed by atoms with van der Waals surface area (Å²) in [7, 11) is 0. The molecule has 0 aliphatic carbocycles. The number of halogens is 1. The Morgan fingerprint density at radius 1 is 1.30 bits per heavy atom. The van der Waals surface area contributed by atoms with Crippen LogP contribution in [0.25, 0.3) is 10.2 Å². The van der Waals surface area contributed by atoms with Crippen LogP contribution in [0, 0.1) is 6.92 Å². The van der Waals surface area contributed by atoms with Gasteiger partial charge in [-0.05, 0) is 52.7 Å². The second-order valence-electron chi connectivity index (χ2n) is 4.43. The van der Waals surface area contributed by atoms with Crippen molar-refractivity contribution in [2.75, 3.05) is 5.32 Å². The van der Waals surface area contributed by atoms with Gasteiger partial charge in [0.15, 0.2) is 0 Å². The summed E-state index contributed by atoms with van der Waals surface area (Å²) in [5.41, 5.74) is 5.20. The van der Waals surface area contributed by atoms with E-state index in [4.69, 9.17) is 0 Å². The van der Waals surface area contributed by atoms with Crippen molar-refractivity contribution in [3.05, 3.63) is 57.5 Å². The molecule has 3 rings (SSSR count). The summed E-state index contributed by atoms with van der Waals surface area (Å²) in [4.78, 5) is 16.5. The quantitative estimate of drug-likeness (QED) is 0.735. The Morgan fingerprint density at radius 3 is 3.00 bits per heavy atom. The summed E-state index contributed by atoms with van der Waals surface area (Å²) in [6, 6.07) is 11.4. The van der Waals surface area contributed by atoms with E-state index in [-0.39, 0.29) is 5.91 Å². The minimum absolute atomic E-state index is 0.121. The minimum Gasteiger partial charge on any atom is -0.322 e. The van der Waals surface area contributed by atoms with Gasteiger partial charge >= 0.3 is 0 Å². The third-order valence-electron chi connectivity index (χ3n) is 3.03. The highest BCUT2D eigenvalue weighted by Crippen LogP contribution is 2.24. The Bertz CT molecular complexity index is 797. The van der Waals surface area contributed by atoms with Crippen LogP contribution in [0.1, 0.15) is 15.9 Å². The molecule has 2 aromatic carbocycles. The lowest BCUT2D eigenvalue weighted by molar-refractivity contribution is 0.102. The van der Waals surface area contributed by atoms with Crippen LogP contribution >= 0.6 is 27.3 Å². The zero-order valence-electron chi connectivity index (χ0n) is 10.7. The van der Waals surface area contributed by atoms with Crippen molar-refractivity contribution in [2.45, 2.75) is 6.92 Å². The van der Waals surface area contributed by atoms with Gasteiger partial charge in [-0.15, -0.1) is 11.3 Å². The second kappa shape index (κ2) is 5.34. The van der Waals surface area contributed by atoms with Gasteiger partial charge in [-0.3, -0.25) is 4.79 Å². The molecular formula is C15H11BrN2OS. The molecule has 0 saturated carbocycles. The number of benzene rings is 2. The van der Waals surface area contributed by atoms with E-state index in [1.807, 2.05) is 37.3 Å². The average Bonchev–Trinajstić information content (AvgIpc) is 2.89. The number of hydrogen-bond donors (Lipinski definition) is 1. The summed E-state index contributed by atoms with van der Waals surface area (Å²) in [6.45, 7) is 1.96. The first-order chi connectivity index (χ1) is 9.65. The lowest BCUT2D eigenvalue weighted by Crippen LogP contribution is -2.12. The third kappa shape index (κ3) is 2.46. The van der Waals surface area contributed by atoms with Crippen molar-refractivity contribution in [3.8, 4) is 0 Å². The predicted molar refractivity (Wildman–Crippen MR) is 86.5 cm³/mol. The van der Waals surface area contributed by atoms with Crippen LogP contribution in [-0.2, 0) is 0 Å². The lowest BCUT2D eigenvalue weighted by Gasteiger charge is -2.08. The number of hydrogen-bond acceptors (Lipinski definition) is 3. The topological polar surface area (TPSA) is 42.0 Å². The summed E-state index contributed by atoms with van der Waals surface area (Å²) in [6.07, 6.45) is 0. The molecule has 0 fully saturated rings. The fraction of sp³-hybridized carbons (Fsp3) is 0.0667. The number of fused-ring (bicyclic) bond motifs is 1. The molecule has 0 aliphatic heterocycles. The Kier molecular flexibility index (Phi) is 3.54. The Balaban J connectivity index is 1.90. The normalized spacial score (nSPS) is 10.7. The number of nitrogens with one attached hydrogen (secondary N) is 1. The maximum Gasteiger partial charge on any atom is 0.256 e. The van der Waals surface area contributed by atoms with Crippen LogP contribution in [0.2, 0.25) is 0 Å². The number of thiazole rings is 1. The SMILES string of the molecule is Cc1cccc(C(=O)Nc2ccc3ncsc3c2)c1Br. The summed E-state index contributed by atoms with van der Waals surface area (Å²) < 4.78 is 1.89. The highest BCUT2D eigenvalue weighted by Gasteiger charge is 2.11.